The van der Waals surface area contributed by atoms with Crippen molar-refractivity contribution in [3.63, 3.8) is 0 Å². The number of aromatic nitrogens is 4. The molecule has 0 aliphatic carbocycles. The van der Waals surface area contributed by atoms with Crippen molar-refractivity contribution in [1.29, 1.82) is 0 Å². The largest absolute Gasteiger partial charge is 0.467 e. The summed E-state index contributed by atoms with van der Waals surface area (Å²) < 4.78 is 5.57. The van der Waals surface area contributed by atoms with E-state index < -0.39 is 0 Å². The van der Waals surface area contributed by atoms with Crippen LogP contribution in [-0.4, -0.2) is 32.7 Å². The first-order chi connectivity index (χ1) is 11.6. The number of para-hydroxylation sites is 1. The zero-order chi connectivity index (χ0) is 17.1. The van der Waals surface area contributed by atoms with Crippen LogP contribution in [0.2, 0.25) is 0 Å². The van der Waals surface area contributed by atoms with Crippen LogP contribution in [0.4, 0.5) is 0 Å². The van der Waals surface area contributed by atoms with Crippen molar-refractivity contribution in [3.05, 3.63) is 47.5 Å². The molecule has 0 saturated heterocycles. The van der Waals surface area contributed by atoms with Crippen LogP contribution in [0.3, 0.4) is 0 Å². The second kappa shape index (κ2) is 6.66. The van der Waals surface area contributed by atoms with Gasteiger partial charge in [-0.3, -0.25) is 9.89 Å². The van der Waals surface area contributed by atoms with Gasteiger partial charge in [-0.1, -0.05) is 12.1 Å². The molecule has 0 unspecified atom stereocenters. The lowest BCUT2D eigenvalue weighted by atomic mass is 10.1. The number of hydrogen-bond acceptors (Lipinski definition) is 5. The Morgan fingerprint density at radius 2 is 2.08 bits per heavy atom. The Bertz CT molecular complexity index is 850. The summed E-state index contributed by atoms with van der Waals surface area (Å²) in [6.07, 6.45) is 1.43. The van der Waals surface area contributed by atoms with Crippen molar-refractivity contribution in [1.82, 2.24) is 25.5 Å². The predicted molar refractivity (Wildman–Crippen MR) is 89.7 cm³/mol. The van der Waals surface area contributed by atoms with Crippen LogP contribution in [0.25, 0.3) is 10.9 Å². The van der Waals surface area contributed by atoms with E-state index in [2.05, 4.69) is 25.5 Å². The predicted octanol–water partition coefficient (Wildman–Crippen LogP) is 2.23. The van der Waals surface area contributed by atoms with E-state index in [0.717, 1.165) is 27.9 Å². The molecule has 0 saturated carbocycles. The third-order valence-corrected chi connectivity index (χ3v) is 3.84. The van der Waals surface area contributed by atoms with Gasteiger partial charge < -0.3 is 10.1 Å². The number of nitrogens with zero attached hydrogens (tertiary/aromatic N) is 3. The van der Waals surface area contributed by atoms with Crippen LogP contribution in [-0.2, 0) is 4.79 Å². The number of fused-ring (bicyclic) bond motifs is 1. The molecule has 3 aromatic rings. The SMILES string of the molecule is Cc1n[nH]c(C)c1[C@@H](C)NC(=O)COc1ncnc2ccccc12. The van der Waals surface area contributed by atoms with Crippen molar-refractivity contribution in [2.45, 2.75) is 26.8 Å². The number of ether oxygens (including phenoxy) is 1. The molecule has 3 rings (SSSR count). The number of aryl methyl sites for hydroxylation is 2. The molecule has 0 aliphatic rings. The van der Waals surface area contributed by atoms with Gasteiger partial charge in [0.25, 0.3) is 5.91 Å². The lowest BCUT2D eigenvalue weighted by Gasteiger charge is -2.15. The monoisotopic (exact) mass is 325 g/mol. The van der Waals surface area contributed by atoms with Gasteiger partial charge in [0.15, 0.2) is 6.61 Å². The molecule has 0 fully saturated rings. The van der Waals surface area contributed by atoms with E-state index in [9.17, 15) is 4.79 Å². The number of carbonyl (C=O) groups is 1. The molecule has 7 heteroatoms. The fourth-order valence-electron chi connectivity index (χ4n) is 2.78. The maximum atomic E-state index is 12.2. The Morgan fingerprint density at radius 3 is 2.83 bits per heavy atom. The Balaban J connectivity index is 1.65. The number of benzene rings is 1. The second-order valence-electron chi connectivity index (χ2n) is 5.62. The average Bonchev–Trinajstić information content (AvgIpc) is 2.91. The molecular formula is C17H19N5O2. The van der Waals surface area contributed by atoms with Crippen LogP contribution in [0.15, 0.2) is 30.6 Å². The second-order valence-corrected chi connectivity index (χ2v) is 5.62. The minimum atomic E-state index is -0.217. The summed E-state index contributed by atoms with van der Waals surface area (Å²) in [5.74, 6) is 0.185. The molecule has 0 aliphatic heterocycles. The van der Waals surface area contributed by atoms with E-state index in [0.29, 0.717) is 5.88 Å². The molecule has 124 valence electrons. The summed E-state index contributed by atoms with van der Waals surface area (Å²) in [7, 11) is 0. The highest BCUT2D eigenvalue weighted by Gasteiger charge is 2.17. The molecule has 0 bridgehead atoms. The van der Waals surface area contributed by atoms with Gasteiger partial charge in [0.1, 0.15) is 6.33 Å². The number of rotatable bonds is 5. The van der Waals surface area contributed by atoms with Crippen molar-refractivity contribution in [3.8, 4) is 5.88 Å². The molecule has 0 radical (unpaired) electrons. The number of H-pyrrole nitrogens is 1. The summed E-state index contributed by atoms with van der Waals surface area (Å²) in [5.41, 5.74) is 3.60. The van der Waals surface area contributed by atoms with Gasteiger partial charge in [0.05, 0.1) is 22.6 Å². The Labute approximate surface area is 139 Å². The molecule has 2 N–H and O–H groups in total. The summed E-state index contributed by atoms with van der Waals surface area (Å²) in [6.45, 7) is 5.65. The average molecular weight is 325 g/mol. The number of carbonyl (C=O) groups excluding carboxylic acids is 1. The maximum absolute atomic E-state index is 12.2. The third kappa shape index (κ3) is 3.19. The van der Waals surface area contributed by atoms with E-state index in [4.69, 9.17) is 4.74 Å². The zero-order valence-electron chi connectivity index (χ0n) is 13.8. The highest BCUT2D eigenvalue weighted by molar-refractivity contribution is 5.84. The molecule has 2 aromatic heterocycles. The van der Waals surface area contributed by atoms with E-state index >= 15 is 0 Å². The van der Waals surface area contributed by atoms with Gasteiger partial charge in [-0.15, -0.1) is 0 Å². The number of amides is 1. The summed E-state index contributed by atoms with van der Waals surface area (Å²) in [5, 5.41) is 10.8. The van der Waals surface area contributed by atoms with Crippen LogP contribution in [0.5, 0.6) is 5.88 Å². The van der Waals surface area contributed by atoms with E-state index in [1.165, 1.54) is 6.33 Å². The molecule has 7 nitrogen and oxygen atoms in total. The van der Waals surface area contributed by atoms with Crippen molar-refractivity contribution in [2.24, 2.45) is 0 Å². The molecule has 1 aromatic carbocycles. The molecule has 0 spiro atoms. The van der Waals surface area contributed by atoms with E-state index in [1.54, 1.807) is 0 Å². The van der Waals surface area contributed by atoms with Crippen LogP contribution in [0.1, 0.15) is 29.9 Å². The minimum absolute atomic E-state index is 0.110. The first-order valence-electron chi connectivity index (χ1n) is 7.69. The topological polar surface area (TPSA) is 92.8 Å². The quantitative estimate of drug-likeness (QED) is 0.750. The molecule has 2 heterocycles. The number of hydrogen-bond donors (Lipinski definition) is 2. The number of nitrogens with one attached hydrogen (secondary N) is 2. The lowest BCUT2D eigenvalue weighted by Crippen LogP contribution is -2.31. The normalized spacial score (nSPS) is 12.1. The van der Waals surface area contributed by atoms with Crippen LogP contribution < -0.4 is 10.1 Å². The highest BCUT2D eigenvalue weighted by Crippen LogP contribution is 2.21. The van der Waals surface area contributed by atoms with Crippen LogP contribution in [0, 0.1) is 13.8 Å². The van der Waals surface area contributed by atoms with Gasteiger partial charge in [0.2, 0.25) is 5.88 Å². The van der Waals surface area contributed by atoms with Gasteiger partial charge in [-0.05, 0) is 32.9 Å². The fraction of sp³-hybridized carbons (Fsp3) is 0.294. The zero-order valence-corrected chi connectivity index (χ0v) is 13.8. The van der Waals surface area contributed by atoms with Crippen molar-refractivity contribution in [2.75, 3.05) is 6.61 Å². The first kappa shape index (κ1) is 15.9. The number of aromatic amines is 1. The third-order valence-electron chi connectivity index (χ3n) is 3.84. The smallest absolute Gasteiger partial charge is 0.258 e. The minimum Gasteiger partial charge on any atom is -0.467 e. The fourth-order valence-corrected chi connectivity index (χ4v) is 2.78. The van der Waals surface area contributed by atoms with Gasteiger partial charge in [-0.2, -0.15) is 5.10 Å². The van der Waals surface area contributed by atoms with Crippen LogP contribution >= 0.6 is 0 Å². The first-order valence-corrected chi connectivity index (χ1v) is 7.69. The van der Waals surface area contributed by atoms with Crippen molar-refractivity contribution >= 4 is 16.8 Å². The Hall–Kier alpha value is -2.96. The van der Waals surface area contributed by atoms with Crippen molar-refractivity contribution < 1.29 is 9.53 Å². The maximum Gasteiger partial charge on any atom is 0.258 e. The molecule has 24 heavy (non-hydrogen) atoms. The highest BCUT2D eigenvalue weighted by atomic mass is 16.5. The Kier molecular flexibility index (Phi) is 4.41. The van der Waals surface area contributed by atoms with Gasteiger partial charge in [0, 0.05) is 11.3 Å². The van der Waals surface area contributed by atoms with E-state index in [1.807, 2.05) is 45.0 Å². The molecule has 1 amide bonds. The van der Waals surface area contributed by atoms with Gasteiger partial charge >= 0.3 is 0 Å². The summed E-state index contributed by atoms with van der Waals surface area (Å²) >= 11 is 0. The lowest BCUT2D eigenvalue weighted by molar-refractivity contribution is -0.123. The standard InChI is InChI=1S/C17H19N5O2/c1-10(16-11(2)21-22-12(16)3)20-15(23)8-24-17-13-6-4-5-7-14(13)18-9-19-17/h4-7,9-10H,8H2,1-3H3,(H,20,23)(H,21,22)/t10-/m1/s1. The summed E-state index contributed by atoms with van der Waals surface area (Å²) in [6, 6.07) is 7.36. The Morgan fingerprint density at radius 1 is 1.29 bits per heavy atom. The van der Waals surface area contributed by atoms with Gasteiger partial charge in [-0.25, -0.2) is 9.97 Å². The molecular weight excluding hydrogens is 306 g/mol. The van der Waals surface area contributed by atoms with E-state index in [-0.39, 0.29) is 18.6 Å². The molecule has 1 atom stereocenters. The summed E-state index contributed by atoms with van der Waals surface area (Å²) in [4.78, 5) is 20.4.